The van der Waals surface area contributed by atoms with Crippen LogP contribution in [0.3, 0.4) is 0 Å². The fourth-order valence-corrected chi connectivity index (χ4v) is 3.47. The zero-order valence-corrected chi connectivity index (χ0v) is 14.2. The zero-order chi connectivity index (χ0) is 18.5. The minimum Gasteiger partial charge on any atom is -0.444 e. The van der Waals surface area contributed by atoms with E-state index in [1.54, 1.807) is 25.7 Å². The lowest BCUT2D eigenvalue weighted by atomic mass is 9.94. The third kappa shape index (κ3) is 3.24. The molecule has 0 spiro atoms. The molecule has 3 nitrogen and oxygen atoms in total. The molecule has 7 heteroatoms. The lowest BCUT2D eigenvalue weighted by Gasteiger charge is -2.35. The Balaban J connectivity index is 1.95. The number of hydrogen-bond acceptors (Lipinski definition) is 2. The van der Waals surface area contributed by atoms with E-state index in [0.717, 1.165) is 0 Å². The summed E-state index contributed by atoms with van der Waals surface area (Å²) < 4.78 is 60.4. The molecule has 136 valence electrons. The maximum Gasteiger partial charge on any atom is 0.411 e. The van der Waals surface area contributed by atoms with Crippen molar-refractivity contribution in [2.45, 2.75) is 57.7 Å². The molecular formula is C18H19F4NO2. The molecule has 0 aliphatic carbocycles. The molecule has 3 rings (SSSR count). The highest BCUT2D eigenvalue weighted by atomic mass is 19.2. The highest BCUT2D eigenvalue weighted by molar-refractivity contribution is 5.75. The second-order valence-corrected chi connectivity index (χ2v) is 7.43. The van der Waals surface area contributed by atoms with Crippen molar-refractivity contribution in [2.24, 2.45) is 0 Å². The van der Waals surface area contributed by atoms with Crippen molar-refractivity contribution in [1.29, 1.82) is 0 Å². The predicted molar refractivity (Wildman–Crippen MR) is 83.8 cm³/mol. The van der Waals surface area contributed by atoms with E-state index in [-0.39, 0.29) is 24.1 Å². The standard InChI is InChI=1S/C18H19F4NO2/c1-18(2,3)25-17(24)23-10-4-5-11(23)7-9(6-10)14-15(21)12(19)8-13(20)16(14)22/h6,8,10-11H,4-5,7H2,1-3H3. The van der Waals surface area contributed by atoms with Gasteiger partial charge in [0.25, 0.3) is 0 Å². The van der Waals surface area contributed by atoms with Gasteiger partial charge in [-0.15, -0.1) is 0 Å². The van der Waals surface area contributed by atoms with Gasteiger partial charge in [-0.1, -0.05) is 6.08 Å². The number of benzene rings is 1. The van der Waals surface area contributed by atoms with Gasteiger partial charge in [-0.25, -0.2) is 22.4 Å². The first kappa shape index (κ1) is 17.8. The first-order chi connectivity index (χ1) is 11.6. The number of hydrogen-bond donors (Lipinski definition) is 0. The molecule has 2 bridgehead atoms. The third-order valence-corrected chi connectivity index (χ3v) is 4.43. The van der Waals surface area contributed by atoms with Crippen LogP contribution in [0.2, 0.25) is 0 Å². The summed E-state index contributed by atoms with van der Waals surface area (Å²) in [6.07, 6.45) is 2.36. The van der Waals surface area contributed by atoms with Crippen molar-refractivity contribution in [3.8, 4) is 0 Å². The van der Waals surface area contributed by atoms with Gasteiger partial charge in [0.1, 0.15) is 5.60 Å². The van der Waals surface area contributed by atoms with Crippen LogP contribution in [0.4, 0.5) is 22.4 Å². The maximum absolute atomic E-state index is 14.1. The molecule has 0 saturated carbocycles. The fraction of sp³-hybridized carbons (Fsp3) is 0.500. The summed E-state index contributed by atoms with van der Waals surface area (Å²) in [5, 5.41) is 0. The van der Waals surface area contributed by atoms with Gasteiger partial charge in [-0.2, -0.15) is 0 Å². The molecule has 1 amide bonds. The molecule has 0 N–H and O–H groups in total. The number of carbonyl (C=O) groups excluding carboxylic acids is 1. The number of ether oxygens (including phenoxy) is 1. The molecule has 0 radical (unpaired) electrons. The van der Waals surface area contributed by atoms with Crippen molar-refractivity contribution in [1.82, 2.24) is 4.90 Å². The molecule has 1 aromatic rings. The van der Waals surface area contributed by atoms with Gasteiger partial charge in [0.15, 0.2) is 23.3 Å². The van der Waals surface area contributed by atoms with Crippen LogP contribution in [-0.2, 0) is 4.74 Å². The van der Waals surface area contributed by atoms with E-state index in [1.807, 2.05) is 0 Å². The second kappa shape index (κ2) is 6.04. The van der Waals surface area contributed by atoms with Crippen molar-refractivity contribution in [3.05, 3.63) is 41.0 Å². The molecular weight excluding hydrogens is 338 g/mol. The Bertz CT molecular complexity index is 728. The van der Waals surface area contributed by atoms with Crippen LogP contribution in [0.15, 0.2) is 12.1 Å². The third-order valence-electron chi connectivity index (χ3n) is 4.43. The van der Waals surface area contributed by atoms with E-state index in [1.165, 1.54) is 6.08 Å². The van der Waals surface area contributed by atoms with E-state index in [2.05, 4.69) is 0 Å². The van der Waals surface area contributed by atoms with Crippen LogP contribution in [-0.4, -0.2) is 28.7 Å². The Kier molecular flexibility index (Phi) is 4.29. The average molecular weight is 357 g/mol. The van der Waals surface area contributed by atoms with Gasteiger partial charge in [0.2, 0.25) is 0 Å². The molecule has 2 heterocycles. The monoisotopic (exact) mass is 357 g/mol. The Morgan fingerprint density at radius 2 is 1.72 bits per heavy atom. The van der Waals surface area contributed by atoms with Crippen LogP contribution in [0, 0.1) is 23.3 Å². The van der Waals surface area contributed by atoms with E-state index in [0.29, 0.717) is 12.8 Å². The molecule has 0 aromatic heterocycles. The van der Waals surface area contributed by atoms with Crippen LogP contribution in [0.25, 0.3) is 5.57 Å². The average Bonchev–Trinajstić information content (AvgIpc) is 2.75. The Labute approximate surface area is 143 Å². The molecule has 1 saturated heterocycles. The molecule has 1 aromatic carbocycles. The van der Waals surface area contributed by atoms with Gasteiger partial charge in [-0.05, 0) is 45.6 Å². The van der Waals surface area contributed by atoms with Crippen molar-refractivity contribution in [2.75, 3.05) is 0 Å². The van der Waals surface area contributed by atoms with E-state index >= 15 is 0 Å². The quantitative estimate of drug-likeness (QED) is 0.534. The lowest BCUT2D eigenvalue weighted by Crippen LogP contribution is -2.45. The number of halogens is 4. The first-order valence-corrected chi connectivity index (χ1v) is 8.14. The molecule has 2 aliphatic heterocycles. The van der Waals surface area contributed by atoms with E-state index in [4.69, 9.17) is 4.74 Å². The largest absolute Gasteiger partial charge is 0.444 e. The number of nitrogens with zero attached hydrogens (tertiary/aromatic N) is 1. The molecule has 25 heavy (non-hydrogen) atoms. The summed E-state index contributed by atoms with van der Waals surface area (Å²) >= 11 is 0. The normalized spacial score (nSPS) is 22.8. The van der Waals surface area contributed by atoms with Crippen LogP contribution < -0.4 is 0 Å². The Morgan fingerprint density at radius 3 is 2.24 bits per heavy atom. The summed E-state index contributed by atoms with van der Waals surface area (Å²) in [5.74, 6) is -5.68. The number of fused-ring (bicyclic) bond motifs is 2. The topological polar surface area (TPSA) is 29.5 Å². The Hall–Kier alpha value is -2.05. The fourth-order valence-electron chi connectivity index (χ4n) is 3.47. The van der Waals surface area contributed by atoms with Crippen LogP contribution >= 0.6 is 0 Å². The molecule has 2 aliphatic rings. The second-order valence-electron chi connectivity index (χ2n) is 7.43. The minimum absolute atomic E-state index is 0.118. The SMILES string of the molecule is CC(C)(C)OC(=O)N1C2C=C(c3c(F)c(F)cc(F)c3F)CC1CC2. The molecule has 1 fully saturated rings. The van der Waals surface area contributed by atoms with Gasteiger partial charge >= 0.3 is 6.09 Å². The minimum atomic E-state index is -1.43. The summed E-state index contributed by atoms with van der Waals surface area (Å²) in [6.45, 7) is 5.24. The van der Waals surface area contributed by atoms with Crippen molar-refractivity contribution < 1.29 is 27.1 Å². The smallest absolute Gasteiger partial charge is 0.411 e. The van der Waals surface area contributed by atoms with Crippen LogP contribution in [0.1, 0.15) is 45.6 Å². The van der Waals surface area contributed by atoms with Crippen molar-refractivity contribution in [3.63, 3.8) is 0 Å². The van der Waals surface area contributed by atoms with Crippen molar-refractivity contribution >= 4 is 11.7 Å². The number of rotatable bonds is 1. The van der Waals surface area contributed by atoms with Gasteiger partial charge in [0, 0.05) is 12.1 Å². The highest BCUT2D eigenvalue weighted by Gasteiger charge is 2.42. The number of carbonyl (C=O) groups is 1. The predicted octanol–water partition coefficient (Wildman–Crippen LogP) is 4.80. The maximum atomic E-state index is 14.1. The van der Waals surface area contributed by atoms with E-state index < -0.39 is 46.6 Å². The summed E-state index contributed by atoms with van der Waals surface area (Å²) in [5.41, 5.74) is -1.16. The van der Waals surface area contributed by atoms with Gasteiger partial charge < -0.3 is 4.74 Å². The number of amides is 1. The van der Waals surface area contributed by atoms with Gasteiger partial charge in [0.05, 0.1) is 11.6 Å². The van der Waals surface area contributed by atoms with Gasteiger partial charge in [-0.3, -0.25) is 4.90 Å². The Morgan fingerprint density at radius 1 is 1.12 bits per heavy atom. The highest BCUT2D eigenvalue weighted by Crippen LogP contribution is 2.41. The molecule has 2 atom stereocenters. The zero-order valence-electron chi connectivity index (χ0n) is 14.2. The molecule has 2 unspecified atom stereocenters. The first-order valence-electron chi connectivity index (χ1n) is 8.14. The van der Waals surface area contributed by atoms with E-state index in [9.17, 15) is 22.4 Å². The summed E-state index contributed by atoms with van der Waals surface area (Å²) in [7, 11) is 0. The summed E-state index contributed by atoms with van der Waals surface area (Å²) in [4.78, 5) is 13.9. The summed E-state index contributed by atoms with van der Waals surface area (Å²) in [6, 6.07) is -0.530. The van der Waals surface area contributed by atoms with Crippen LogP contribution in [0.5, 0.6) is 0 Å². The lowest BCUT2D eigenvalue weighted by molar-refractivity contribution is 0.0175.